The standard InChI is InChI=1S/C12H18ClN3O/c1-7(2)6-16-12(17)11(13)10(5-14-16)15-9-4-8(9)3/h5,7-9,15H,4,6H2,1-3H3. The predicted octanol–water partition coefficient (Wildman–Crippen LogP) is 2.37. The van der Waals surface area contributed by atoms with Crippen molar-refractivity contribution in [3.8, 4) is 0 Å². The lowest BCUT2D eigenvalue weighted by atomic mass is 10.2. The van der Waals surface area contributed by atoms with Crippen molar-refractivity contribution in [1.82, 2.24) is 9.78 Å². The second-order valence-corrected chi connectivity index (χ2v) is 5.60. The first-order chi connectivity index (χ1) is 7.99. The number of nitrogens with zero attached hydrogens (tertiary/aromatic N) is 2. The molecule has 2 atom stereocenters. The van der Waals surface area contributed by atoms with Crippen LogP contribution in [-0.4, -0.2) is 15.8 Å². The average Bonchev–Trinajstić information content (AvgIpc) is 2.94. The summed E-state index contributed by atoms with van der Waals surface area (Å²) in [5.74, 6) is 1.03. The summed E-state index contributed by atoms with van der Waals surface area (Å²) in [6, 6.07) is 0.439. The van der Waals surface area contributed by atoms with Crippen LogP contribution in [0.15, 0.2) is 11.0 Å². The highest BCUT2D eigenvalue weighted by molar-refractivity contribution is 6.32. The van der Waals surface area contributed by atoms with Gasteiger partial charge < -0.3 is 5.32 Å². The first-order valence-corrected chi connectivity index (χ1v) is 6.39. The number of rotatable bonds is 4. The van der Waals surface area contributed by atoms with Crippen LogP contribution in [0.4, 0.5) is 5.69 Å². The predicted molar refractivity (Wildman–Crippen MR) is 69.5 cm³/mol. The summed E-state index contributed by atoms with van der Waals surface area (Å²) in [6.45, 7) is 6.85. The van der Waals surface area contributed by atoms with Crippen molar-refractivity contribution in [2.24, 2.45) is 11.8 Å². The van der Waals surface area contributed by atoms with Gasteiger partial charge in [0.15, 0.2) is 0 Å². The summed E-state index contributed by atoms with van der Waals surface area (Å²) >= 11 is 6.07. The van der Waals surface area contributed by atoms with Gasteiger partial charge in [-0.2, -0.15) is 5.10 Å². The Labute approximate surface area is 106 Å². The molecule has 0 saturated heterocycles. The molecule has 94 valence electrons. The monoisotopic (exact) mass is 255 g/mol. The van der Waals surface area contributed by atoms with E-state index in [4.69, 9.17) is 11.6 Å². The van der Waals surface area contributed by atoms with Crippen LogP contribution in [0.2, 0.25) is 5.02 Å². The van der Waals surface area contributed by atoms with Crippen LogP contribution in [0.1, 0.15) is 27.2 Å². The molecular weight excluding hydrogens is 238 g/mol. The van der Waals surface area contributed by atoms with E-state index in [-0.39, 0.29) is 10.6 Å². The molecule has 2 rings (SSSR count). The molecule has 0 bridgehead atoms. The molecule has 0 radical (unpaired) electrons. The Balaban J connectivity index is 2.20. The molecule has 1 aromatic heterocycles. The van der Waals surface area contributed by atoms with Gasteiger partial charge in [0.05, 0.1) is 11.9 Å². The van der Waals surface area contributed by atoms with Crippen molar-refractivity contribution >= 4 is 17.3 Å². The van der Waals surface area contributed by atoms with Crippen LogP contribution in [0.5, 0.6) is 0 Å². The number of hydrogen-bond acceptors (Lipinski definition) is 3. The molecule has 1 N–H and O–H groups in total. The first-order valence-electron chi connectivity index (χ1n) is 6.01. The molecular formula is C12H18ClN3O. The molecule has 0 aliphatic heterocycles. The lowest BCUT2D eigenvalue weighted by Gasteiger charge is -2.11. The maximum Gasteiger partial charge on any atom is 0.287 e. The van der Waals surface area contributed by atoms with Crippen LogP contribution in [0, 0.1) is 11.8 Å². The van der Waals surface area contributed by atoms with Crippen molar-refractivity contribution in [3.05, 3.63) is 21.6 Å². The van der Waals surface area contributed by atoms with Crippen molar-refractivity contribution < 1.29 is 0 Å². The van der Waals surface area contributed by atoms with Crippen molar-refractivity contribution in [2.45, 2.75) is 39.8 Å². The van der Waals surface area contributed by atoms with Crippen molar-refractivity contribution in [3.63, 3.8) is 0 Å². The molecule has 1 aliphatic carbocycles. The number of aromatic nitrogens is 2. The van der Waals surface area contributed by atoms with E-state index in [0.717, 1.165) is 6.42 Å². The fourth-order valence-electron chi connectivity index (χ4n) is 1.76. The molecule has 1 aromatic rings. The molecule has 1 fully saturated rings. The second kappa shape index (κ2) is 4.69. The van der Waals surface area contributed by atoms with Gasteiger partial charge in [0.1, 0.15) is 5.02 Å². The Bertz CT molecular complexity index is 469. The highest BCUT2D eigenvalue weighted by Gasteiger charge is 2.33. The molecule has 1 heterocycles. The van der Waals surface area contributed by atoms with E-state index in [1.54, 1.807) is 6.20 Å². The highest BCUT2D eigenvalue weighted by atomic mass is 35.5. The first kappa shape index (κ1) is 12.4. The zero-order valence-electron chi connectivity index (χ0n) is 10.4. The third-order valence-electron chi connectivity index (χ3n) is 2.97. The normalized spacial score (nSPS) is 22.9. The van der Waals surface area contributed by atoms with Gasteiger partial charge in [-0.15, -0.1) is 0 Å². The minimum atomic E-state index is -0.210. The average molecular weight is 256 g/mol. The van der Waals surface area contributed by atoms with Gasteiger partial charge in [0, 0.05) is 12.6 Å². The smallest absolute Gasteiger partial charge is 0.287 e. The summed E-state index contributed by atoms with van der Waals surface area (Å²) in [7, 11) is 0. The van der Waals surface area contributed by atoms with E-state index in [2.05, 4.69) is 17.3 Å². The zero-order chi connectivity index (χ0) is 12.6. The highest BCUT2D eigenvalue weighted by Crippen LogP contribution is 2.33. The maximum absolute atomic E-state index is 11.9. The molecule has 2 unspecified atom stereocenters. The van der Waals surface area contributed by atoms with Crippen LogP contribution >= 0.6 is 11.6 Å². The topological polar surface area (TPSA) is 46.9 Å². The molecule has 1 saturated carbocycles. The van der Waals surface area contributed by atoms with E-state index in [0.29, 0.717) is 30.1 Å². The molecule has 0 aromatic carbocycles. The van der Waals surface area contributed by atoms with Gasteiger partial charge >= 0.3 is 0 Å². The Morgan fingerprint density at radius 1 is 1.65 bits per heavy atom. The quantitative estimate of drug-likeness (QED) is 0.899. The molecule has 5 heteroatoms. The van der Waals surface area contributed by atoms with Crippen LogP contribution in [0.25, 0.3) is 0 Å². The number of hydrogen-bond donors (Lipinski definition) is 1. The van der Waals surface area contributed by atoms with Gasteiger partial charge in [-0.1, -0.05) is 32.4 Å². The van der Waals surface area contributed by atoms with Crippen molar-refractivity contribution in [1.29, 1.82) is 0 Å². The number of anilines is 1. The summed E-state index contributed by atoms with van der Waals surface area (Å²) in [5.41, 5.74) is 0.449. The Morgan fingerprint density at radius 3 is 2.82 bits per heavy atom. The summed E-state index contributed by atoms with van der Waals surface area (Å²) in [6.07, 6.45) is 2.78. The zero-order valence-corrected chi connectivity index (χ0v) is 11.2. The summed E-state index contributed by atoms with van der Waals surface area (Å²) < 4.78 is 1.43. The maximum atomic E-state index is 11.9. The van der Waals surface area contributed by atoms with Crippen LogP contribution in [0.3, 0.4) is 0 Å². The minimum Gasteiger partial charge on any atom is -0.379 e. The second-order valence-electron chi connectivity index (χ2n) is 5.22. The van der Waals surface area contributed by atoms with Crippen molar-refractivity contribution in [2.75, 3.05) is 5.32 Å². The largest absolute Gasteiger partial charge is 0.379 e. The number of halogens is 1. The lowest BCUT2D eigenvalue weighted by Crippen LogP contribution is -2.26. The third-order valence-corrected chi connectivity index (χ3v) is 3.34. The lowest BCUT2D eigenvalue weighted by molar-refractivity contribution is 0.464. The fourth-order valence-corrected chi connectivity index (χ4v) is 1.97. The summed E-state index contributed by atoms with van der Waals surface area (Å²) in [5, 5.41) is 7.64. The Morgan fingerprint density at radius 2 is 2.29 bits per heavy atom. The van der Waals surface area contributed by atoms with E-state index in [1.807, 2.05) is 13.8 Å². The minimum absolute atomic E-state index is 0.210. The molecule has 17 heavy (non-hydrogen) atoms. The Hall–Kier alpha value is -1.03. The van der Waals surface area contributed by atoms with Gasteiger partial charge in [0.2, 0.25) is 0 Å². The number of nitrogens with one attached hydrogen (secondary N) is 1. The van der Waals surface area contributed by atoms with Gasteiger partial charge in [-0.25, -0.2) is 4.68 Å². The van der Waals surface area contributed by atoms with Gasteiger partial charge in [0.25, 0.3) is 5.56 Å². The molecule has 0 amide bonds. The molecule has 0 spiro atoms. The SMILES string of the molecule is CC(C)Cn1ncc(NC2CC2C)c(Cl)c1=O. The summed E-state index contributed by atoms with van der Waals surface area (Å²) in [4.78, 5) is 11.9. The van der Waals surface area contributed by atoms with E-state index >= 15 is 0 Å². The van der Waals surface area contributed by atoms with E-state index < -0.39 is 0 Å². The van der Waals surface area contributed by atoms with Gasteiger partial charge in [-0.3, -0.25) is 4.79 Å². The van der Waals surface area contributed by atoms with Crippen LogP contribution < -0.4 is 10.9 Å². The molecule has 4 nitrogen and oxygen atoms in total. The Kier molecular flexibility index (Phi) is 3.43. The van der Waals surface area contributed by atoms with Crippen LogP contribution in [-0.2, 0) is 6.54 Å². The van der Waals surface area contributed by atoms with E-state index in [1.165, 1.54) is 4.68 Å². The van der Waals surface area contributed by atoms with Gasteiger partial charge in [-0.05, 0) is 18.3 Å². The third kappa shape index (κ3) is 2.80. The molecule has 1 aliphatic rings. The van der Waals surface area contributed by atoms with E-state index in [9.17, 15) is 4.79 Å². The fraction of sp³-hybridized carbons (Fsp3) is 0.667.